The van der Waals surface area contributed by atoms with E-state index in [0.717, 1.165) is 18.8 Å². The average Bonchev–Trinajstić information content (AvgIpc) is 2.74. The van der Waals surface area contributed by atoms with Crippen LogP contribution in [0.1, 0.15) is 38.5 Å². The van der Waals surface area contributed by atoms with Crippen molar-refractivity contribution in [3.63, 3.8) is 0 Å². The molecule has 1 saturated carbocycles. The Balaban J connectivity index is 1.82. The zero-order valence-electron chi connectivity index (χ0n) is 8.99. The van der Waals surface area contributed by atoms with Crippen molar-refractivity contribution in [3.8, 4) is 0 Å². The molecule has 2 atom stereocenters. The van der Waals surface area contributed by atoms with Gasteiger partial charge in [-0.05, 0) is 37.5 Å². The lowest BCUT2D eigenvalue weighted by atomic mass is 9.94. The van der Waals surface area contributed by atoms with Crippen LogP contribution >= 0.6 is 15.9 Å². The monoisotopic (exact) mass is 294 g/mol. The highest BCUT2D eigenvalue weighted by Crippen LogP contribution is 2.36. The van der Waals surface area contributed by atoms with Crippen molar-refractivity contribution >= 4 is 25.8 Å². The van der Waals surface area contributed by atoms with Crippen LogP contribution in [0.5, 0.6) is 0 Å². The highest BCUT2D eigenvalue weighted by Gasteiger charge is 2.32. The third kappa shape index (κ3) is 3.19. The van der Waals surface area contributed by atoms with E-state index in [0.29, 0.717) is 22.3 Å². The molecular formula is C11H19BrO2S. The van der Waals surface area contributed by atoms with Crippen molar-refractivity contribution in [2.24, 2.45) is 11.8 Å². The van der Waals surface area contributed by atoms with Gasteiger partial charge in [-0.3, -0.25) is 0 Å². The average molecular weight is 295 g/mol. The van der Waals surface area contributed by atoms with Gasteiger partial charge in [-0.1, -0.05) is 28.8 Å². The normalized spacial score (nSPS) is 33.3. The molecule has 1 heterocycles. The Morgan fingerprint density at radius 1 is 1.20 bits per heavy atom. The number of halogens is 1. The van der Waals surface area contributed by atoms with Crippen molar-refractivity contribution in [2.45, 2.75) is 43.4 Å². The highest BCUT2D eigenvalue weighted by molar-refractivity contribution is 9.09. The van der Waals surface area contributed by atoms with E-state index in [1.165, 1.54) is 25.7 Å². The quantitative estimate of drug-likeness (QED) is 0.750. The first kappa shape index (κ1) is 11.9. The molecule has 4 heteroatoms. The molecule has 15 heavy (non-hydrogen) atoms. The largest absolute Gasteiger partial charge is 0.229 e. The predicted octanol–water partition coefficient (Wildman–Crippen LogP) is 2.76. The van der Waals surface area contributed by atoms with Gasteiger partial charge in [0.15, 0.2) is 9.84 Å². The summed E-state index contributed by atoms with van der Waals surface area (Å²) in [4.78, 5) is 0.554. The SMILES string of the molecule is O=S1(=O)CCC(CC(Br)C2CCCC2)C1. The third-order valence-corrected chi connectivity index (χ3v) is 6.76. The fourth-order valence-corrected chi connectivity index (χ4v) is 5.83. The van der Waals surface area contributed by atoms with Gasteiger partial charge in [-0.25, -0.2) is 8.42 Å². The van der Waals surface area contributed by atoms with Gasteiger partial charge in [0.1, 0.15) is 0 Å². The molecule has 2 nitrogen and oxygen atoms in total. The molecule has 1 saturated heterocycles. The first-order valence-electron chi connectivity index (χ1n) is 5.91. The maximum atomic E-state index is 11.3. The summed E-state index contributed by atoms with van der Waals surface area (Å²) >= 11 is 3.76. The molecule has 0 aromatic heterocycles. The third-order valence-electron chi connectivity index (χ3n) is 3.80. The molecule has 88 valence electrons. The van der Waals surface area contributed by atoms with Crippen molar-refractivity contribution in [2.75, 3.05) is 11.5 Å². The Bertz CT molecular complexity index is 307. The van der Waals surface area contributed by atoms with E-state index < -0.39 is 9.84 Å². The van der Waals surface area contributed by atoms with Crippen LogP contribution in [0.3, 0.4) is 0 Å². The van der Waals surface area contributed by atoms with Crippen molar-refractivity contribution < 1.29 is 8.42 Å². The topological polar surface area (TPSA) is 34.1 Å². The number of hydrogen-bond acceptors (Lipinski definition) is 2. The maximum Gasteiger partial charge on any atom is 0.150 e. The van der Waals surface area contributed by atoms with Crippen LogP contribution in [-0.2, 0) is 9.84 Å². The number of hydrogen-bond donors (Lipinski definition) is 0. The van der Waals surface area contributed by atoms with Crippen LogP contribution in [-0.4, -0.2) is 24.8 Å². The summed E-state index contributed by atoms with van der Waals surface area (Å²) in [6.07, 6.45) is 7.32. The standard InChI is InChI=1S/C11H19BrO2S/c12-11(10-3-1-2-4-10)7-9-5-6-15(13,14)8-9/h9-11H,1-8H2. The zero-order valence-corrected chi connectivity index (χ0v) is 11.4. The molecule has 0 N–H and O–H groups in total. The molecule has 0 radical (unpaired) electrons. The second-order valence-corrected chi connectivity index (χ2v) is 8.47. The minimum atomic E-state index is -2.69. The highest BCUT2D eigenvalue weighted by atomic mass is 79.9. The van der Waals surface area contributed by atoms with E-state index >= 15 is 0 Å². The summed E-state index contributed by atoms with van der Waals surface area (Å²) in [6, 6.07) is 0. The fourth-order valence-electron chi connectivity index (χ4n) is 2.89. The number of sulfone groups is 1. The molecule has 1 aliphatic carbocycles. The van der Waals surface area contributed by atoms with E-state index in [4.69, 9.17) is 0 Å². The van der Waals surface area contributed by atoms with Crippen molar-refractivity contribution in [1.29, 1.82) is 0 Å². The Hall–Kier alpha value is 0.430. The number of alkyl halides is 1. The summed E-state index contributed by atoms with van der Waals surface area (Å²) in [5, 5.41) is 0. The Morgan fingerprint density at radius 3 is 2.40 bits per heavy atom. The lowest BCUT2D eigenvalue weighted by Crippen LogP contribution is -2.16. The summed E-state index contributed by atoms with van der Waals surface area (Å²) in [5.41, 5.74) is 0. The van der Waals surface area contributed by atoms with Crippen molar-refractivity contribution in [1.82, 2.24) is 0 Å². The molecule has 0 bridgehead atoms. The van der Waals surface area contributed by atoms with Crippen LogP contribution < -0.4 is 0 Å². The van der Waals surface area contributed by atoms with Gasteiger partial charge in [0.25, 0.3) is 0 Å². The molecule has 2 rings (SSSR count). The molecule has 2 unspecified atom stereocenters. The van der Waals surface area contributed by atoms with Gasteiger partial charge in [-0.2, -0.15) is 0 Å². The Kier molecular flexibility index (Phi) is 3.76. The van der Waals surface area contributed by atoms with E-state index in [9.17, 15) is 8.42 Å². The second-order valence-electron chi connectivity index (χ2n) is 5.07. The molecule has 1 aliphatic heterocycles. The van der Waals surface area contributed by atoms with Gasteiger partial charge in [0.2, 0.25) is 0 Å². The van der Waals surface area contributed by atoms with E-state index in [1.54, 1.807) is 0 Å². The summed E-state index contributed by atoms with van der Waals surface area (Å²) in [6.45, 7) is 0. The van der Waals surface area contributed by atoms with Gasteiger partial charge in [0.05, 0.1) is 11.5 Å². The Morgan fingerprint density at radius 2 is 1.87 bits per heavy atom. The summed E-state index contributed by atoms with van der Waals surface area (Å²) in [7, 11) is -2.69. The summed E-state index contributed by atoms with van der Waals surface area (Å²) < 4.78 is 22.7. The molecule has 0 aromatic rings. The summed E-state index contributed by atoms with van der Waals surface area (Å²) in [5.74, 6) is 2.07. The van der Waals surface area contributed by atoms with Gasteiger partial charge in [0, 0.05) is 4.83 Å². The molecule has 2 fully saturated rings. The smallest absolute Gasteiger partial charge is 0.150 e. The lowest BCUT2D eigenvalue weighted by Gasteiger charge is -2.19. The van der Waals surface area contributed by atoms with Crippen molar-refractivity contribution in [3.05, 3.63) is 0 Å². The van der Waals surface area contributed by atoms with E-state index in [2.05, 4.69) is 15.9 Å². The van der Waals surface area contributed by atoms with Crippen LogP contribution in [0.2, 0.25) is 0 Å². The van der Waals surface area contributed by atoms with Gasteiger partial charge in [-0.15, -0.1) is 0 Å². The van der Waals surface area contributed by atoms with Gasteiger partial charge >= 0.3 is 0 Å². The van der Waals surface area contributed by atoms with E-state index in [-0.39, 0.29) is 0 Å². The minimum absolute atomic E-state index is 0.417. The fraction of sp³-hybridized carbons (Fsp3) is 1.00. The van der Waals surface area contributed by atoms with Crippen LogP contribution in [0.25, 0.3) is 0 Å². The van der Waals surface area contributed by atoms with E-state index in [1.807, 2.05) is 0 Å². The van der Waals surface area contributed by atoms with Gasteiger partial charge < -0.3 is 0 Å². The molecule has 0 spiro atoms. The first-order valence-corrected chi connectivity index (χ1v) is 8.65. The minimum Gasteiger partial charge on any atom is -0.229 e. The molecule has 0 aromatic carbocycles. The Labute approximate surface area is 101 Å². The lowest BCUT2D eigenvalue weighted by molar-refractivity contribution is 0.438. The first-order chi connectivity index (χ1) is 7.07. The molecule has 0 amide bonds. The second kappa shape index (κ2) is 4.74. The van der Waals surface area contributed by atoms with Crippen LogP contribution in [0.15, 0.2) is 0 Å². The maximum absolute atomic E-state index is 11.3. The predicted molar refractivity (Wildman–Crippen MR) is 66.1 cm³/mol. The van der Waals surface area contributed by atoms with Crippen LogP contribution in [0.4, 0.5) is 0 Å². The molecule has 2 aliphatic rings. The number of rotatable bonds is 3. The zero-order chi connectivity index (χ0) is 10.9. The van der Waals surface area contributed by atoms with Crippen LogP contribution in [0, 0.1) is 11.8 Å². The molecular weight excluding hydrogens is 276 g/mol.